The van der Waals surface area contributed by atoms with Crippen LogP contribution in [0.15, 0.2) is 30.3 Å². The molecule has 35 heavy (non-hydrogen) atoms. The highest BCUT2D eigenvalue weighted by Gasteiger charge is 2.71. The fraction of sp³-hybridized carbons (Fsp3) is 0.714. The fourth-order valence-electron chi connectivity index (χ4n) is 7.78. The van der Waals surface area contributed by atoms with E-state index in [0.717, 1.165) is 50.5 Å². The van der Waals surface area contributed by atoms with Crippen LogP contribution >= 0.6 is 0 Å². The molecule has 1 saturated heterocycles. The molecule has 2 spiro atoms. The topological polar surface area (TPSA) is 80.3 Å². The molecule has 1 heterocycles. The lowest BCUT2D eigenvalue weighted by molar-refractivity contribution is -0.394. The first-order chi connectivity index (χ1) is 16.9. The Morgan fingerprint density at radius 3 is 2.37 bits per heavy atom. The van der Waals surface area contributed by atoms with Crippen LogP contribution in [0.4, 0.5) is 0 Å². The summed E-state index contributed by atoms with van der Waals surface area (Å²) in [6, 6.07) is 9.87. The van der Waals surface area contributed by atoms with Gasteiger partial charge in [0.1, 0.15) is 6.61 Å². The maximum atomic E-state index is 13.4. The Balaban J connectivity index is 1.11. The summed E-state index contributed by atoms with van der Waals surface area (Å²) < 4.78 is 17.8. The molecule has 1 aromatic rings. The maximum absolute atomic E-state index is 13.4. The summed E-state index contributed by atoms with van der Waals surface area (Å²) in [6.07, 6.45) is 7.99. The molecule has 1 aliphatic heterocycles. The molecule has 6 fully saturated rings. The Bertz CT molecular complexity index is 935. The van der Waals surface area contributed by atoms with Crippen LogP contribution in [-0.2, 0) is 40.2 Å². The number of hydrogen-bond donors (Lipinski definition) is 0. The van der Waals surface area contributed by atoms with Gasteiger partial charge in [0.15, 0.2) is 0 Å². The SMILES string of the molecule is CCOC(=O)CC1CCC2(CC1)OOC1(O2)C2CC3C[C@H]1CC(C(=O)OCc1ccccc1)(C3)C2. The van der Waals surface area contributed by atoms with Gasteiger partial charge in [-0.25, -0.2) is 0 Å². The van der Waals surface area contributed by atoms with Crippen molar-refractivity contribution in [3.63, 3.8) is 0 Å². The molecule has 4 unspecified atom stereocenters. The van der Waals surface area contributed by atoms with Crippen molar-refractivity contribution in [1.82, 2.24) is 0 Å². The van der Waals surface area contributed by atoms with Crippen molar-refractivity contribution in [2.75, 3.05) is 6.61 Å². The number of esters is 2. The molecular formula is C28H36O7. The Morgan fingerprint density at radius 2 is 1.69 bits per heavy atom. The second kappa shape index (κ2) is 8.86. The van der Waals surface area contributed by atoms with Crippen LogP contribution in [0.5, 0.6) is 0 Å². The summed E-state index contributed by atoms with van der Waals surface area (Å²) in [5, 5.41) is 0. The number of benzene rings is 1. The number of ether oxygens (including phenoxy) is 3. The summed E-state index contributed by atoms with van der Waals surface area (Å²) in [4.78, 5) is 37.4. The molecule has 7 nitrogen and oxygen atoms in total. The largest absolute Gasteiger partial charge is 0.466 e. The molecular weight excluding hydrogens is 448 g/mol. The molecule has 0 radical (unpaired) electrons. The standard InChI is InChI=1S/C28H36O7/c1-2-31-24(29)14-19-8-10-27(11-9-19)33-28(35-34-27)22-12-21-13-23(28)17-26(15-21,16-22)25(30)32-18-20-6-4-3-5-7-20/h3-7,19,21-23H,2,8-18H2,1H3/t19?,21?,22-,23?,26?,27?,28?/m0/s1. The number of carbonyl (C=O) groups is 2. The molecule has 5 aliphatic carbocycles. The van der Waals surface area contributed by atoms with Gasteiger partial charge in [-0.3, -0.25) is 9.59 Å². The molecule has 1 aromatic carbocycles. The first kappa shape index (κ1) is 23.4. The average molecular weight is 485 g/mol. The lowest BCUT2D eigenvalue weighted by Gasteiger charge is -2.60. The highest BCUT2D eigenvalue weighted by molar-refractivity contribution is 5.77. The summed E-state index contributed by atoms with van der Waals surface area (Å²) in [7, 11) is 0. The van der Waals surface area contributed by atoms with Gasteiger partial charge in [-0.15, -0.1) is 0 Å². The van der Waals surface area contributed by atoms with Gasteiger partial charge in [0, 0.05) is 31.1 Å². The minimum atomic E-state index is -0.756. The molecule has 0 amide bonds. The molecule has 5 atom stereocenters. The summed E-state index contributed by atoms with van der Waals surface area (Å²) in [5.41, 5.74) is 0.578. The second-order valence-corrected chi connectivity index (χ2v) is 11.5. The zero-order valence-corrected chi connectivity index (χ0v) is 20.5. The van der Waals surface area contributed by atoms with E-state index in [4.69, 9.17) is 24.0 Å². The smallest absolute Gasteiger partial charge is 0.312 e. The van der Waals surface area contributed by atoms with E-state index in [1.165, 1.54) is 0 Å². The third-order valence-electron chi connectivity index (χ3n) is 9.27. The van der Waals surface area contributed by atoms with E-state index in [9.17, 15) is 9.59 Å². The van der Waals surface area contributed by atoms with Crippen molar-refractivity contribution in [3.8, 4) is 0 Å². The van der Waals surface area contributed by atoms with E-state index in [1.54, 1.807) is 0 Å². The third-order valence-corrected chi connectivity index (χ3v) is 9.27. The number of carbonyl (C=O) groups excluding carboxylic acids is 2. The van der Waals surface area contributed by atoms with Crippen LogP contribution in [0.2, 0.25) is 0 Å². The Hall–Kier alpha value is -1.96. The fourth-order valence-corrected chi connectivity index (χ4v) is 7.78. The highest BCUT2D eigenvalue weighted by atomic mass is 17.3. The number of hydrogen-bond acceptors (Lipinski definition) is 7. The van der Waals surface area contributed by atoms with Gasteiger partial charge in [0.2, 0.25) is 11.6 Å². The van der Waals surface area contributed by atoms with Crippen molar-refractivity contribution < 1.29 is 33.6 Å². The third kappa shape index (κ3) is 4.09. The van der Waals surface area contributed by atoms with E-state index in [1.807, 2.05) is 37.3 Å². The molecule has 0 aromatic heterocycles. The molecule has 5 saturated carbocycles. The van der Waals surface area contributed by atoms with Gasteiger partial charge in [-0.05, 0) is 69.3 Å². The van der Waals surface area contributed by atoms with Gasteiger partial charge in [-0.1, -0.05) is 30.3 Å². The lowest BCUT2D eigenvalue weighted by Crippen LogP contribution is -2.64. The number of rotatable bonds is 6. The predicted molar refractivity (Wildman–Crippen MR) is 124 cm³/mol. The molecule has 0 N–H and O–H groups in total. The van der Waals surface area contributed by atoms with Crippen LogP contribution in [-0.4, -0.2) is 30.1 Å². The lowest BCUT2D eigenvalue weighted by atomic mass is 9.47. The van der Waals surface area contributed by atoms with Crippen LogP contribution < -0.4 is 0 Å². The molecule has 7 rings (SSSR count). The summed E-state index contributed by atoms with van der Waals surface area (Å²) in [5.74, 6) is -0.612. The van der Waals surface area contributed by atoms with Crippen LogP contribution in [0.25, 0.3) is 0 Å². The molecule has 190 valence electrons. The van der Waals surface area contributed by atoms with Crippen molar-refractivity contribution >= 4 is 11.9 Å². The molecule has 6 aliphatic rings. The van der Waals surface area contributed by atoms with E-state index < -0.39 is 17.0 Å². The van der Waals surface area contributed by atoms with Gasteiger partial charge in [-0.2, -0.15) is 9.78 Å². The normalized spacial score (nSPS) is 41.4. The van der Waals surface area contributed by atoms with Gasteiger partial charge in [0.25, 0.3) is 0 Å². The minimum Gasteiger partial charge on any atom is -0.466 e. The summed E-state index contributed by atoms with van der Waals surface area (Å²) in [6.45, 7) is 2.57. The van der Waals surface area contributed by atoms with E-state index in [-0.39, 0.29) is 23.8 Å². The predicted octanol–water partition coefficient (Wildman–Crippen LogP) is 5.07. The van der Waals surface area contributed by atoms with Gasteiger partial charge >= 0.3 is 11.9 Å². The maximum Gasteiger partial charge on any atom is 0.312 e. The Morgan fingerprint density at radius 1 is 0.971 bits per heavy atom. The van der Waals surface area contributed by atoms with Crippen molar-refractivity contribution in [1.29, 1.82) is 0 Å². The Labute approximate surface area is 206 Å². The Kier molecular flexibility index (Phi) is 5.93. The van der Waals surface area contributed by atoms with E-state index >= 15 is 0 Å². The van der Waals surface area contributed by atoms with Crippen LogP contribution in [0.1, 0.15) is 76.7 Å². The van der Waals surface area contributed by atoms with Crippen molar-refractivity contribution in [2.45, 2.75) is 89.3 Å². The zero-order valence-electron chi connectivity index (χ0n) is 20.5. The van der Waals surface area contributed by atoms with Crippen LogP contribution in [0.3, 0.4) is 0 Å². The quantitative estimate of drug-likeness (QED) is 0.412. The second-order valence-electron chi connectivity index (χ2n) is 11.5. The first-order valence-electron chi connectivity index (χ1n) is 13.4. The van der Waals surface area contributed by atoms with Crippen LogP contribution in [0, 0.1) is 29.1 Å². The molecule has 4 bridgehead atoms. The van der Waals surface area contributed by atoms with Gasteiger partial charge in [0.05, 0.1) is 12.0 Å². The molecule has 7 heteroatoms. The van der Waals surface area contributed by atoms with E-state index in [0.29, 0.717) is 44.3 Å². The van der Waals surface area contributed by atoms with Gasteiger partial charge < -0.3 is 14.2 Å². The van der Waals surface area contributed by atoms with Crippen molar-refractivity contribution in [3.05, 3.63) is 35.9 Å². The highest BCUT2D eigenvalue weighted by Crippen LogP contribution is 2.68. The van der Waals surface area contributed by atoms with E-state index in [2.05, 4.69) is 0 Å². The monoisotopic (exact) mass is 484 g/mol. The zero-order chi connectivity index (χ0) is 24.1. The minimum absolute atomic E-state index is 0.0660. The summed E-state index contributed by atoms with van der Waals surface area (Å²) >= 11 is 0. The van der Waals surface area contributed by atoms with Crippen molar-refractivity contribution in [2.24, 2.45) is 29.1 Å². The first-order valence-corrected chi connectivity index (χ1v) is 13.4. The average Bonchev–Trinajstić information content (AvgIpc) is 3.23.